The van der Waals surface area contributed by atoms with Gasteiger partial charge in [0, 0.05) is 24.3 Å². The zero-order chi connectivity index (χ0) is 25.0. The van der Waals surface area contributed by atoms with Crippen LogP contribution in [0.25, 0.3) is 0 Å². The number of hydrogen-bond donors (Lipinski definition) is 3. The van der Waals surface area contributed by atoms with Gasteiger partial charge >= 0.3 is 0 Å². The summed E-state index contributed by atoms with van der Waals surface area (Å²) in [7, 11) is -3.64. The van der Waals surface area contributed by atoms with E-state index < -0.39 is 10.0 Å². The van der Waals surface area contributed by atoms with Crippen LogP contribution in [-0.2, 0) is 27.7 Å². The van der Waals surface area contributed by atoms with E-state index in [1.165, 1.54) is 0 Å². The van der Waals surface area contributed by atoms with Gasteiger partial charge in [0.25, 0.3) is 0 Å². The fraction of sp³-hybridized carbons (Fsp3) is 0.333. The molecule has 1 unspecified atom stereocenters. The molecule has 1 heterocycles. The zero-order valence-electron chi connectivity index (χ0n) is 20.3. The van der Waals surface area contributed by atoms with Crippen LogP contribution in [0.1, 0.15) is 56.3 Å². The molecule has 8 heteroatoms. The summed E-state index contributed by atoms with van der Waals surface area (Å²) in [6.07, 6.45) is 4.45. The van der Waals surface area contributed by atoms with Crippen molar-refractivity contribution in [3.05, 3.63) is 77.5 Å². The summed E-state index contributed by atoms with van der Waals surface area (Å²) in [6, 6.07) is 16.2. The second-order valence-corrected chi connectivity index (χ2v) is 11.0. The predicted octanol–water partition coefficient (Wildman–Crippen LogP) is 5.34. The fourth-order valence-corrected chi connectivity index (χ4v) is 5.53. The molecule has 3 aromatic rings. The largest absolute Gasteiger partial charge is 0.338 e. The van der Waals surface area contributed by atoms with E-state index in [1.54, 1.807) is 24.4 Å². The Balaban J connectivity index is 1.52. The topological polar surface area (TPSA) is 100 Å². The van der Waals surface area contributed by atoms with Gasteiger partial charge in [0.15, 0.2) is 5.82 Å². The van der Waals surface area contributed by atoms with Gasteiger partial charge in [-0.1, -0.05) is 39.0 Å². The predicted molar refractivity (Wildman–Crippen MR) is 139 cm³/mol. The SMILES string of the molecule is CCc1ccc(S(=O)(=O)NC2CCc3ccc(Nc4ncccc4NC(=O)CC(C)C)cc32)cc1. The van der Waals surface area contributed by atoms with E-state index in [-0.39, 0.29) is 22.8 Å². The van der Waals surface area contributed by atoms with Crippen molar-refractivity contribution in [3.63, 3.8) is 0 Å². The first-order valence-electron chi connectivity index (χ1n) is 12.0. The van der Waals surface area contributed by atoms with Gasteiger partial charge in [-0.3, -0.25) is 4.79 Å². The Morgan fingerprint density at radius 1 is 1.11 bits per heavy atom. The van der Waals surface area contributed by atoms with Crippen LogP contribution in [0.2, 0.25) is 0 Å². The highest BCUT2D eigenvalue weighted by atomic mass is 32.2. The molecule has 0 aliphatic heterocycles. The molecule has 4 rings (SSSR count). The number of rotatable bonds is 9. The first-order valence-corrected chi connectivity index (χ1v) is 13.5. The van der Waals surface area contributed by atoms with Gasteiger partial charge in [-0.25, -0.2) is 18.1 Å². The molecule has 0 saturated carbocycles. The number of carbonyl (C=O) groups excluding carboxylic acids is 1. The van der Waals surface area contributed by atoms with Crippen LogP contribution in [0.15, 0.2) is 65.7 Å². The maximum Gasteiger partial charge on any atom is 0.241 e. The van der Waals surface area contributed by atoms with E-state index in [4.69, 9.17) is 0 Å². The van der Waals surface area contributed by atoms with Crippen molar-refractivity contribution in [2.24, 2.45) is 5.92 Å². The number of aryl methyl sites for hydroxylation is 2. The number of aromatic nitrogens is 1. The first-order chi connectivity index (χ1) is 16.7. The van der Waals surface area contributed by atoms with Crippen LogP contribution in [0, 0.1) is 5.92 Å². The lowest BCUT2D eigenvalue weighted by molar-refractivity contribution is -0.116. The number of carbonyl (C=O) groups is 1. The van der Waals surface area contributed by atoms with E-state index in [2.05, 4.69) is 20.3 Å². The van der Waals surface area contributed by atoms with Gasteiger partial charge in [0.2, 0.25) is 15.9 Å². The van der Waals surface area contributed by atoms with Crippen LogP contribution >= 0.6 is 0 Å². The van der Waals surface area contributed by atoms with E-state index in [9.17, 15) is 13.2 Å². The maximum absolute atomic E-state index is 13.0. The minimum absolute atomic E-state index is 0.0635. The van der Waals surface area contributed by atoms with E-state index >= 15 is 0 Å². The summed E-state index contributed by atoms with van der Waals surface area (Å²) in [5.41, 5.74) is 4.55. The number of fused-ring (bicyclic) bond motifs is 1. The molecular weight excluding hydrogens is 460 g/mol. The molecule has 0 spiro atoms. The number of nitrogens with one attached hydrogen (secondary N) is 3. The standard InChI is InChI=1S/C27H32N4O3S/c1-4-19-7-12-22(13-8-19)35(33,34)31-24-14-10-20-9-11-21(17-23(20)24)29-27-25(6-5-15-28-27)30-26(32)16-18(2)3/h5-9,11-13,15,17-18,24,31H,4,10,14,16H2,1-3H3,(H,28,29)(H,30,32). The molecule has 35 heavy (non-hydrogen) atoms. The van der Waals surface area contributed by atoms with Gasteiger partial charge in [-0.15, -0.1) is 0 Å². The molecule has 1 aliphatic rings. The molecular formula is C27H32N4O3S. The first kappa shape index (κ1) is 24.9. The van der Waals surface area contributed by atoms with E-state index in [0.717, 1.165) is 35.2 Å². The summed E-state index contributed by atoms with van der Waals surface area (Å²) in [5.74, 6) is 0.729. The normalized spacial score (nSPS) is 15.1. The number of amides is 1. The zero-order valence-corrected chi connectivity index (χ0v) is 21.2. The average molecular weight is 493 g/mol. The molecule has 1 amide bonds. The number of benzene rings is 2. The Morgan fingerprint density at radius 3 is 2.60 bits per heavy atom. The van der Waals surface area contributed by atoms with Crippen LogP contribution in [0.3, 0.4) is 0 Å². The third-order valence-corrected chi connectivity index (χ3v) is 7.59. The molecule has 0 radical (unpaired) electrons. The van der Waals surface area contributed by atoms with Crippen molar-refractivity contribution in [1.29, 1.82) is 0 Å². The number of sulfonamides is 1. The Labute approximate surface area is 207 Å². The lowest BCUT2D eigenvalue weighted by Gasteiger charge is -2.17. The monoisotopic (exact) mass is 492 g/mol. The number of pyridine rings is 1. The second kappa shape index (κ2) is 10.6. The fourth-order valence-electron chi connectivity index (χ4n) is 4.28. The van der Waals surface area contributed by atoms with Gasteiger partial charge in [0.1, 0.15) is 0 Å². The summed E-state index contributed by atoms with van der Waals surface area (Å²) in [4.78, 5) is 16.9. The molecule has 7 nitrogen and oxygen atoms in total. The van der Waals surface area contributed by atoms with Crippen LogP contribution in [0.4, 0.5) is 17.2 Å². The summed E-state index contributed by atoms with van der Waals surface area (Å²) >= 11 is 0. The lowest BCUT2D eigenvalue weighted by atomic mass is 10.1. The van der Waals surface area contributed by atoms with Crippen molar-refractivity contribution >= 4 is 33.1 Å². The van der Waals surface area contributed by atoms with Gasteiger partial charge in [-0.05, 0) is 78.3 Å². The molecule has 3 N–H and O–H groups in total. The third-order valence-electron chi connectivity index (χ3n) is 6.10. The Bertz CT molecular complexity index is 1300. The highest BCUT2D eigenvalue weighted by molar-refractivity contribution is 7.89. The molecule has 0 fully saturated rings. The van der Waals surface area contributed by atoms with Crippen molar-refractivity contribution in [3.8, 4) is 0 Å². The second-order valence-electron chi connectivity index (χ2n) is 9.29. The van der Waals surface area contributed by atoms with Crippen molar-refractivity contribution < 1.29 is 13.2 Å². The highest BCUT2D eigenvalue weighted by Gasteiger charge is 2.28. The lowest BCUT2D eigenvalue weighted by Crippen LogP contribution is -2.27. The van der Waals surface area contributed by atoms with E-state index in [0.29, 0.717) is 24.3 Å². The highest BCUT2D eigenvalue weighted by Crippen LogP contribution is 2.35. The number of nitrogens with zero attached hydrogens (tertiary/aromatic N) is 1. The molecule has 184 valence electrons. The molecule has 1 atom stereocenters. The molecule has 1 aromatic heterocycles. The summed E-state index contributed by atoms with van der Waals surface area (Å²) < 4.78 is 28.9. The van der Waals surface area contributed by atoms with Crippen LogP contribution < -0.4 is 15.4 Å². The average Bonchev–Trinajstić information content (AvgIpc) is 3.21. The summed E-state index contributed by atoms with van der Waals surface area (Å²) in [6.45, 7) is 6.03. The maximum atomic E-state index is 13.0. The Morgan fingerprint density at radius 2 is 1.89 bits per heavy atom. The molecule has 0 saturated heterocycles. The molecule has 1 aliphatic carbocycles. The molecule has 2 aromatic carbocycles. The minimum atomic E-state index is -3.64. The third kappa shape index (κ3) is 6.07. The van der Waals surface area contributed by atoms with Crippen molar-refractivity contribution in [1.82, 2.24) is 9.71 Å². The van der Waals surface area contributed by atoms with E-state index in [1.807, 2.05) is 57.2 Å². The minimum Gasteiger partial charge on any atom is -0.338 e. The van der Waals surface area contributed by atoms with Gasteiger partial charge < -0.3 is 10.6 Å². The van der Waals surface area contributed by atoms with Gasteiger partial charge in [-0.2, -0.15) is 0 Å². The van der Waals surface area contributed by atoms with Gasteiger partial charge in [0.05, 0.1) is 10.6 Å². The van der Waals surface area contributed by atoms with Crippen molar-refractivity contribution in [2.75, 3.05) is 10.6 Å². The number of hydrogen-bond acceptors (Lipinski definition) is 5. The quantitative estimate of drug-likeness (QED) is 0.374. The number of anilines is 3. The van der Waals surface area contributed by atoms with Crippen LogP contribution in [-0.4, -0.2) is 19.3 Å². The Hall–Kier alpha value is -3.23. The summed E-state index contributed by atoms with van der Waals surface area (Å²) in [5, 5.41) is 6.21. The smallest absolute Gasteiger partial charge is 0.241 e. The van der Waals surface area contributed by atoms with Crippen LogP contribution in [0.5, 0.6) is 0 Å². The van der Waals surface area contributed by atoms with Crippen molar-refractivity contribution in [2.45, 2.75) is 57.4 Å². The molecule has 0 bridgehead atoms. The Kier molecular flexibility index (Phi) is 7.52.